The van der Waals surface area contributed by atoms with Crippen LogP contribution in [0.2, 0.25) is 0 Å². The molecule has 0 aromatic carbocycles. The maximum absolute atomic E-state index is 12.6. The van der Waals surface area contributed by atoms with E-state index >= 15 is 0 Å². The first-order valence-electron chi connectivity index (χ1n) is 8.50. The van der Waals surface area contributed by atoms with Crippen molar-refractivity contribution >= 4 is 5.78 Å². The van der Waals surface area contributed by atoms with Gasteiger partial charge < -0.3 is 4.74 Å². The number of ether oxygens (including phenoxy) is 1. The lowest BCUT2D eigenvalue weighted by Gasteiger charge is -2.36. The molecule has 2 saturated heterocycles. The van der Waals surface area contributed by atoms with Crippen LogP contribution < -0.4 is 0 Å². The van der Waals surface area contributed by atoms with Gasteiger partial charge in [-0.05, 0) is 65.5 Å². The Morgan fingerprint density at radius 2 is 1.85 bits per heavy atom. The van der Waals surface area contributed by atoms with Gasteiger partial charge >= 0.3 is 0 Å². The molecule has 1 atom stereocenters. The quantitative estimate of drug-likeness (QED) is 0.745. The lowest BCUT2D eigenvalue weighted by molar-refractivity contribution is -0.129. The first-order chi connectivity index (χ1) is 9.60. The summed E-state index contributed by atoms with van der Waals surface area (Å²) in [7, 11) is 0. The minimum Gasteiger partial charge on any atom is -0.378 e. The molecule has 0 aromatic heterocycles. The van der Waals surface area contributed by atoms with Crippen LogP contribution in [0.5, 0.6) is 0 Å². The van der Waals surface area contributed by atoms with Crippen LogP contribution >= 0.6 is 0 Å². The Bertz CT molecular complexity index is 300. The molecule has 116 valence electrons. The summed E-state index contributed by atoms with van der Waals surface area (Å²) in [5.41, 5.74) is -0.277. The first-order valence-corrected chi connectivity index (χ1v) is 8.50. The minimum atomic E-state index is -0.277. The number of carbonyl (C=O) groups excluding carboxylic acids is 1. The number of likely N-dealkylation sites (tertiary alicyclic amines) is 1. The van der Waals surface area contributed by atoms with Crippen molar-refractivity contribution in [3.05, 3.63) is 0 Å². The largest absolute Gasteiger partial charge is 0.378 e. The second-order valence-electron chi connectivity index (χ2n) is 6.91. The van der Waals surface area contributed by atoms with E-state index in [4.69, 9.17) is 4.74 Å². The zero-order chi connectivity index (χ0) is 14.4. The molecule has 20 heavy (non-hydrogen) atoms. The molecule has 1 unspecified atom stereocenters. The maximum Gasteiger partial charge on any atom is 0.152 e. The van der Waals surface area contributed by atoms with Crippen molar-refractivity contribution in [2.24, 2.45) is 0 Å². The second kappa shape index (κ2) is 7.56. The highest BCUT2D eigenvalue weighted by molar-refractivity contribution is 5.87. The fraction of sp³-hybridized carbons (Fsp3) is 0.941. The van der Waals surface area contributed by atoms with E-state index in [9.17, 15) is 4.79 Å². The van der Waals surface area contributed by atoms with Crippen LogP contribution in [-0.4, -0.2) is 42.0 Å². The van der Waals surface area contributed by atoms with E-state index in [-0.39, 0.29) is 5.54 Å². The molecule has 0 radical (unpaired) electrons. The van der Waals surface area contributed by atoms with Crippen LogP contribution in [0.3, 0.4) is 0 Å². The smallest absolute Gasteiger partial charge is 0.152 e. The molecule has 0 N–H and O–H groups in total. The third-order valence-electron chi connectivity index (χ3n) is 5.03. The molecule has 0 amide bonds. The predicted molar refractivity (Wildman–Crippen MR) is 82.0 cm³/mol. The summed E-state index contributed by atoms with van der Waals surface area (Å²) in [6.45, 7) is 7.33. The number of Topliss-reactive ketones (excluding diaryl/α,β-unsaturated/α-hetero) is 1. The van der Waals surface area contributed by atoms with Crippen LogP contribution in [-0.2, 0) is 9.53 Å². The molecule has 0 spiro atoms. The SMILES string of the molecule is CC(C)(C(=O)CCCC1CCCO1)N1CCCCCC1. The van der Waals surface area contributed by atoms with Crippen molar-refractivity contribution in [1.82, 2.24) is 4.90 Å². The fourth-order valence-corrected chi connectivity index (χ4v) is 3.47. The van der Waals surface area contributed by atoms with Crippen molar-refractivity contribution in [3.63, 3.8) is 0 Å². The van der Waals surface area contributed by atoms with Gasteiger partial charge in [-0.15, -0.1) is 0 Å². The van der Waals surface area contributed by atoms with Gasteiger partial charge in [0.2, 0.25) is 0 Å². The molecule has 0 bridgehead atoms. The van der Waals surface area contributed by atoms with E-state index < -0.39 is 0 Å². The normalized spacial score (nSPS) is 25.6. The van der Waals surface area contributed by atoms with Crippen LogP contribution in [0, 0.1) is 0 Å². The summed E-state index contributed by atoms with van der Waals surface area (Å²) in [4.78, 5) is 15.0. The van der Waals surface area contributed by atoms with Crippen molar-refractivity contribution in [2.45, 2.75) is 83.3 Å². The number of ketones is 1. The fourth-order valence-electron chi connectivity index (χ4n) is 3.47. The highest BCUT2D eigenvalue weighted by Gasteiger charge is 2.33. The lowest BCUT2D eigenvalue weighted by Crippen LogP contribution is -2.50. The van der Waals surface area contributed by atoms with Gasteiger partial charge in [0.1, 0.15) is 0 Å². The van der Waals surface area contributed by atoms with E-state index in [1.165, 1.54) is 38.5 Å². The summed E-state index contributed by atoms with van der Waals surface area (Å²) >= 11 is 0. The summed E-state index contributed by atoms with van der Waals surface area (Å²) in [6, 6.07) is 0. The lowest BCUT2D eigenvalue weighted by atomic mass is 9.92. The third-order valence-corrected chi connectivity index (χ3v) is 5.03. The van der Waals surface area contributed by atoms with E-state index in [0.717, 1.165) is 32.5 Å². The zero-order valence-electron chi connectivity index (χ0n) is 13.3. The topological polar surface area (TPSA) is 29.5 Å². The third kappa shape index (κ3) is 4.29. The van der Waals surface area contributed by atoms with Gasteiger partial charge in [0, 0.05) is 13.0 Å². The second-order valence-corrected chi connectivity index (χ2v) is 6.91. The summed E-state index contributed by atoms with van der Waals surface area (Å²) in [6.07, 6.45) is 10.7. The highest BCUT2D eigenvalue weighted by Crippen LogP contribution is 2.24. The van der Waals surface area contributed by atoms with E-state index in [0.29, 0.717) is 18.3 Å². The average molecular weight is 281 g/mol. The van der Waals surface area contributed by atoms with Crippen LogP contribution in [0.4, 0.5) is 0 Å². The van der Waals surface area contributed by atoms with E-state index in [1.807, 2.05) is 0 Å². The van der Waals surface area contributed by atoms with Crippen LogP contribution in [0.25, 0.3) is 0 Å². The number of carbonyl (C=O) groups is 1. The van der Waals surface area contributed by atoms with Crippen LogP contribution in [0.15, 0.2) is 0 Å². The first kappa shape index (κ1) is 16.0. The summed E-state index contributed by atoms with van der Waals surface area (Å²) in [5.74, 6) is 0.414. The van der Waals surface area contributed by atoms with Gasteiger partial charge in [-0.2, -0.15) is 0 Å². The number of rotatable bonds is 6. The summed E-state index contributed by atoms with van der Waals surface area (Å²) in [5, 5.41) is 0. The standard InChI is InChI=1S/C17H31NO2/c1-17(2,18-12-5-3-4-6-13-18)16(19)11-7-9-15-10-8-14-20-15/h15H,3-14H2,1-2H3. The Balaban J connectivity index is 1.76. The van der Waals surface area contributed by atoms with Crippen molar-refractivity contribution < 1.29 is 9.53 Å². The molecule has 2 heterocycles. The van der Waals surface area contributed by atoms with Crippen molar-refractivity contribution in [1.29, 1.82) is 0 Å². The molecular formula is C17H31NO2. The van der Waals surface area contributed by atoms with Gasteiger partial charge in [0.15, 0.2) is 5.78 Å². The monoisotopic (exact) mass is 281 g/mol. The number of hydrogen-bond donors (Lipinski definition) is 0. The van der Waals surface area contributed by atoms with E-state index in [1.54, 1.807) is 0 Å². The van der Waals surface area contributed by atoms with Gasteiger partial charge in [0.25, 0.3) is 0 Å². The molecular weight excluding hydrogens is 250 g/mol. The zero-order valence-corrected chi connectivity index (χ0v) is 13.3. The molecule has 2 rings (SSSR count). The molecule has 2 aliphatic heterocycles. The van der Waals surface area contributed by atoms with Gasteiger partial charge in [0.05, 0.1) is 11.6 Å². The summed E-state index contributed by atoms with van der Waals surface area (Å²) < 4.78 is 5.63. The molecule has 0 saturated carbocycles. The highest BCUT2D eigenvalue weighted by atomic mass is 16.5. The number of hydrogen-bond acceptors (Lipinski definition) is 3. The van der Waals surface area contributed by atoms with Crippen molar-refractivity contribution in [2.75, 3.05) is 19.7 Å². The minimum absolute atomic E-state index is 0.277. The molecule has 2 aliphatic rings. The predicted octanol–water partition coefficient (Wildman–Crippen LogP) is 3.56. The van der Waals surface area contributed by atoms with Gasteiger partial charge in [-0.25, -0.2) is 0 Å². The molecule has 0 aliphatic carbocycles. The number of nitrogens with zero attached hydrogens (tertiary/aromatic N) is 1. The van der Waals surface area contributed by atoms with Gasteiger partial charge in [-0.1, -0.05) is 12.8 Å². The Hall–Kier alpha value is -0.410. The average Bonchev–Trinajstić information content (AvgIpc) is 2.78. The molecule has 3 heteroatoms. The Labute approximate surface area is 124 Å². The molecule has 2 fully saturated rings. The molecule has 0 aromatic rings. The Kier molecular flexibility index (Phi) is 6.03. The van der Waals surface area contributed by atoms with Crippen molar-refractivity contribution in [3.8, 4) is 0 Å². The van der Waals surface area contributed by atoms with E-state index in [2.05, 4.69) is 18.7 Å². The maximum atomic E-state index is 12.6. The van der Waals surface area contributed by atoms with Gasteiger partial charge in [-0.3, -0.25) is 9.69 Å². The Morgan fingerprint density at radius 3 is 2.45 bits per heavy atom. The Morgan fingerprint density at radius 1 is 1.15 bits per heavy atom. The molecule has 3 nitrogen and oxygen atoms in total. The van der Waals surface area contributed by atoms with Crippen LogP contribution in [0.1, 0.15) is 71.6 Å².